The summed E-state index contributed by atoms with van der Waals surface area (Å²) in [6, 6.07) is 14.3. The van der Waals surface area contributed by atoms with Gasteiger partial charge in [-0.2, -0.15) is 0 Å². The summed E-state index contributed by atoms with van der Waals surface area (Å²) < 4.78 is 33.4. The Morgan fingerprint density at radius 2 is 1.87 bits per heavy atom. The monoisotopic (exact) mass is 329 g/mol. The standard InChI is InChI=1S/C18H19NO3S/c1-3-16-12-19(18-7-5-4-6-15(18)13-22-16)23(20,21)17-10-8-14(2)9-11-17/h3-11,16H,1,12-13H2,2H3. The Kier molecular flexibility index (Phi) is 4.24. The maximum absolute atomic E-state index is 13.1. The van der Waals surface area contributed by atoms with Crippen LogP contribution in [0.1, 0.15) is 11.1 Å². The van der Waals surface area contributed by atoms with Gasteiger partial charge in [0.25, 0.3) is 10.0 Å². The maximum atomic E-state index is 13.1. The van der Waals surface area contributed by atoms with Gasteiger partial charge in [-0.05, 0) is 25.1 Å². The normalized spacial score (nSPS) is 18.1. The lowest BCUT2D eigenvalue weighted by Gasteiger charge is -2.25. The predicted octanol–water partition coefficient (Wildman–Crippen LogP) is 3.28. The number of hydrogen-bond acceptors (Lipinski definition) is 3. The van der Waals surface area contributed by atoms with Crippen LogP contribution in [-0.2, 0) is 21.4 Å². The molecule has 1 aliphatic heterocycles. The minimum Gasteiger partial charge on any atom is -0.368 e. The van der Waals surface area contributed by atoms with E-state index in [9.17, 15) is 8.42 Å². The van der Waals surface area contributed by atoms with E-state index in [-0.39, 0.29) is 17.5 Å². The van der Waals surface area contributed by atoms with Crippen LogP contribution in [-0.4, -0.2) is 21.1 Å². The summed E-state index contributed by atoms with van der Waals surface area (Å²) >= 11 is 0. The van der Waals surface area contributed by atoms with Crippen LogP contribution in [0.25, 0.3) is 0 Å². The van der Waals surface area contributed by atoms with Gasteiger partial charge in [-0.1, -0.05) is 42.0 Å². The van der Waals surface area contributed by atoms with Crippen molar-refractivity contribution in [3.63, 3.8) is 0 Å². The van der Waals surface area contributed by atoms with E-state index < -0.39 is 10.0 Å². The van der Waals surface area contributed by atoms with Crippen LogP contribution in [0.5, 0.6) is 0 Å². The maximum Gasteiger partial charge on any atom is 0.264 e. The van der Waals surface area contributed by atoms with E-state index in [2.05, 4.69) is 6.58 Å². The first-order valence-electron chi connectivity index (χ1n) is 7.44. The van der Waals surface area contributed by atoms with Gasteiger partial charge in [-0.15, -0.1) is 6.58 Å². The zero-order valence-electron chi connectivity index (χ0n) is 13.0. The van der Waals surface area contributed by atoms with Crippen molar-refractivity contribution in [2.45, 2.75) is 24.5 Å². The summed E-state index contributed by atoms with van der Waals surface area (Å²) in [4.78, 5) is 0.280. The molecule has 1 atom stereocenters. The molecular weight excluding hydrogens is 310 g/mol. The molecule has 3 rings (SSSR count). The van der Waals surface area contributed by atoms with Crippen molar-refractivity contribution < 1.29 is 13.2 Å². The van der Waals surface area contributed by atoms with E-state index in [1.807, 2.05) is 31.2 Å². The van der Waals surface area contributed by atoms with Gasteiger partial charge in [0.15, 0.2) is 0 Å². The second kappa shape index (κ2) is 6.18. The van der Waals surface area contributed by atoms with Crippen molar-refractivity contribution in [2.75, 3.05) is 10.8 Å². The molecular formula is C18H19NO3S. The summed E-state index contributed by atoms with van der Waals surface area (Å²) in [7, 11) is -3.65. The molecule has 0 N–H and O–H groups in total. The van der Waals surface area contributed by atoms with Crippen LogP contribution in [0.4, 0.5) is 5.69 Å². The van der Waals surface area contributed by atoms with E-state index in [1.165, 1.54) is 4.31 Å². The number of benzene rings is 2. The van der Waals surface area contributed by atoms with Crippen LogP contribution in [0.2, 0.25) is 0 Å². The highest BCUT2D eigenvalue weighted by molar-refractivity contribution is 7.92. The van der Waals surface area contributed by atoms with Gasteiger partial charge in [-0.3, -0.25) is 4.31 Å². The minimum absolute atomic E-state index is 0.219. The quantitative estimate of drug-likeness (QED) is 0.812. The Hall–Kier alpha value is -2.11. The predicted molar refractivity (Wildman–Crippen MR) is 90.9 cm³/mol. The van der Waals surface area contributed by atoms with Crippen molar-refractivity contribution in [1.29, 1.82) is 0 Å². The highest BCUT2D eigenvalue weighted by Gasteiger charge is 2.30. The number of nitrogens with zero attached hydrogens (tertiary/aromatic N) is 1. The number of ether oxygens (including phenoxy) is 1. The van der Waals surface area contributed by atoms with Crippen LogP contribution in [0, 0.1) is 6.92 Å². The second-order valence-corrected chi connectivity index (χ2v) is 7.43. The summed E-state index contributed by atoms with van der Waals surface area (Å²) in [5.74, 6) is 0. The van der Waals surface area contributed by atoms with Gasteiger partial charge >= 0.3 is 0 Å². The van der Waals surface area contributed by atoms with Crippen molar-refractivity contribution in [3.05, 3.63) is 72.3 Å². The second-order valence-electron chi connectivity index (χ2n) is 5.56. The molecule has 4 nitrogen and oxygen atoms in total. The van der Waals surface area contributed by atoms with Crippen molar-refractivity contribution >= 4 is 15.7 Å². The number of para-hydroxylation sites is 1. The molecule has 0 aliphatic carbocycles. The van der Waals surface area contributed by atoms with Gasteiger partial charge in [0.2, 0.25) is 0 Å². The third-order valence-corrected chi connectivity index (χ3v) is 5.72. The number of anilines is 1. The topological polar surface area (TPSA) is 46.6 Å². The van der Waals surface area contributed by atoms with Crippen molar-refractivity contribution in [3.8, 4) is 0 Å². The van der Waals surface area contributed by atoms with Crippen LogP contribution < -0.4 is 4.31 Å². The van der Waals surface area contributed by atoms with Gasteiger partial charge in [0.1, 0.15) is 0 Å². The molecule has 0 spiro atoms. The van der Waals surface area contributed by atoms with E-state index in [4.69, 9.17) is 4.74 Å². The van der Waals surface area contributed by atoms with E-state index in [1.54, 1.807) is 30.3 Å². The zero-order valence-corrected chi connectivity index (χ0v) is 13.8. The molecule has 5 heteroatoms. The number of aryl methyl sites for hydroxylation is 1. The first-order valence-corrected chi connectivity index (χ1v) is 8.88. The summed E-state index contributed by atoms with van der Waals surface area (Å²) in [6.07, 6.45) is 1.30. The molecule has 0 aromatic heterocycles. The average molecular weight is 329 g/mol. The van der Waals surface area contributed by atoms with E-state index >= 15 is 0 Å². The molecule has 0 radical (unpaired) electrons. The number of fused-ring (bicyclic) bond motifs is 1. The first kappa shape index (κ1) is 15.8. The zero-order chi connectivity index (χ0) is 16.4. The summed E-state index contributed by atoms with van der Waals surface area (Å²) in [5, 5.41) is 0. The largest absolute Gasteiger partial charge is 0.368 e. The number of rotatable bonds is 3. The van der Waals surface area contributed by atoms with Gasteiger partial charge in [0.05, 0.1) is 29.8 Å². The molecule has 0 saturated heterocycles. The fraction of sp³-hybridized carbons (Fsp3) is 0.222. The van der Waals surface area contributed by atoms with Crippen molar-refractivity contribution in [2.24, 2.45) is 0 Å². The lowest BCUT2D eigenvalue weighted by atomic mass is 10.2. The number of hydrogen-bond donors (Lipinski definition) is 0. The smallest absolute Gasteiger partial charge is 0.264 e. The molecule has 0 saturated carbocycles. The highest BCUT2D eigenvalue weighted by atomic mass is 32.2. The van der Waals surface area contributed by atoms with Gasteiger partial charge in [0, 0.05) is 5.56 Å². The van der Waals surface area contributed by atoms with Gasteiger partial charge in [-0.25, -0.2) is 8.42 Å². The molecule has 1 heterocycles. The Bertz CT molecular complexity index is 812. The fourth-order valence-corrected chi connectivity index (χ4v) is 4.11. The molecule has 0 bridgehead atoms. The molecule has 0 fully saturated rings. The lowest BCUT2D eigenvalue weighted by Crippen LogP contribution is -2.36. The lowest BCUT2D eigenvalue weighted by molar-refractivity contribution is 0.0830. The Morgan fingerprint density at radius 3 is 2.57 bits per heavy atom. The van der Waals surface area contributed by atoms with Gasteiger partial charge < -0.3 is 4.74 Å². The SMILES string of the molecule is C=CC1CN(S(=O)(=O)c2ccc(C)cc2)c2ccccc2CO1. The molecule has 2 aromatic carbocycles. The first-order chi connectivity index (χ1) is 11.0. The Morgan fingerprint density at radius 1 is 1.17 bits per heavy atom. The van der Waals surface area contributed by atoms with Crippen LogP contribution in [0.15, 0.2) is 66.1 Å². The third kappa shape index (κ3) is 3.02. The Balaban J connectivity index is 2.11. The third-order valence-electron chi connectivity index (χ3n) is 3.93. The highest BCUT2D eigenvalue weighted by Crippen LogP contribution is 2.31. The molecule has 0 amide bonds. The van der Waals surface area contributed by atoms with E-state index in [0.717, 1.165) is 11.1 Å². The summed E-state index contributed by atoms with van der Waals surface area (Å²) in [6.45, 7) is 6.26. The van der Waals surface area contributed by atoms with Crippen LogP contribution in [0.3, 0.4) is 0 Å². The Labute approximate surface area is 137 Å². The fourth-order valence-electron chi connectivity index (χ4n) is 2.60. The molecule has 23 heavy (non-hydrogen) atoms. The molecule has 1 aliphatic rings. The van der Waals surface area contributed by atoms with Crippen molar-refractivity contribution in [1.82, 2.24) is 0 Å². The van der Waals surface area contributed by atoms with Crippen LogP contribution >= 0.6 is 0 Å². The molecule has 120 valence electrons. The molecule has 2 aromatic rings. The minimum atomic E-state index is -3.65. The molecule has 1 unspecified atom stereocenters. The van der Waals surface area contributed by atoms with E-state index in [0.29, 0.717) is 12.3 Å². The average Bonchev–Trinajstić information content (AvgIpc) is 2.75. The summed E-state index contributed by atoms with van der Waals surface area (Å²) in [5.41, 5.74) is 2.54. The number of sulfonamides is 1.